The van der Waals surface area contributed by atoms with E-state index in [0.717, 1.165) is 31.5 Å². The number of carbonyl (C=O) groups excluding carboxylic acids is 1. The van der Waals surface area contributed by atoms with Gasteiger partial charge in [-0.15, -0.1) is 0 Å². The highest BCUT2D eigenvalue weighted by Crippen LogP contribution is 2.31. The molecule has 0 aliphatic carbocycles. The molecule has 0 aromatic heterocycles. The Morgan fingerprint density at radius 1 is 1.21 bits per heavy atom. The Balaban J connectivity index is 1.52. The van der Waals surface area contributed by atoms with E-state index in [1.807, 2.05) is 6.07 Å². The second kappa shape index (κ2) is 8.84. The van der Waals surface area contributed by atoms with Gasteiger partial charge in [0.2, 0.25) is 10.0 Å². The van der Waals surface area contributed by atoms with E-state index in [-0.39, 0.29) is 11.9 Å². The Kier molecular flexibility index (Phi) is 6.44. The van der Waals surface area contributed by atoms with Crippen molar-refractivity contribution >= 4 is 21.6 Å². The molecule has 0 saturated heterocycles. The Hall–Kier alpha value is -2.58. The number of rotatable bonds is 7. The van der Waals surface area contributed by atoms with Crippen molar-refractivity contribution in [3.63, 3.8) is 0 Å². The van der Waals surface area contributed by atoms with Crippen LogP contribution in [0, 0.1) is 0 Å². The highest BCUT2D eigenvalue weighted by atomic mass is 32.2. The maximum atomic E-state index is 12.4. The zero-order valence-corrected chi connectivity index (χ0v) is 17.8. The fourth-order valence-corrected chi connectivity index (χ4v) is 4.18. The number of amides is 1. The van der Waals surface area contributed by atoms with Crippen molar-refractivity contribution in [2.75, 3.05) is 37.7 Å². The fraction of sp³-hybridized carbons (Fsp3) is 0.381. The number of methoxy groups -OCH3 is 1. The molecule has 3 rings (SSSR count). The Bertz CT molecular complexity index is 974. The van der Waals surface area contributed by atoms with Gasteiger partial charge >= 0.3 is 0 Å². The summed E-state index contributed by atoms with van der Waals surface area (Å²) in [6.07, 6.45) is 2.05. The molecule has 0 radical (unpaired) electrons. The third kappa shape index (κ3) is 5.48. The van der Waals surface area contributed by atoms with Gasteiger partial charge < -0.3 is 10.1 Å². The lowest BCUT2D eigenvalue weighted by atomic mass is 9.93. The summed E-state index contributed by atoms with van der Waals surface area (Å²) in [4.78, 5) is 14.7. The van der Waals surface area contributed by atoms with Crippen LogP contribution >= 0.6 is 0 Å². The van der Waals surface area contributed by atoms with E-state index >= 15 is 0 Å². The normalized spacial score (nSPS) is 16.7. The van der Waals surface area contributed by atoms with Crippen LogP contribution in [0.15, 0.2) is 42.5 Å². The van der Waals surface area contributed by atoms with Crippen molar-refractivity contribution in [3.05, 3.63) is 59.2 Å². The average Bonchev–Trinajstić information content (AvgIpc) is 2.68. The first-order valence-electron chi connectivity index (χ1n) is 9.54. The van der Waals surface area contributed by atoms with Crippen LogP contribution in [0.5, 0.6) is 5.75 Å². The number of anilines is 1. The highest BCUT2D eigenvalue weighted by Gasteiger charge is 2.23. The number of fused-ring (bicyclic) bond motifs is 1. The van der Waals surface area contributed by atoms with Gasteiger partial charge in [0.1, 0.15) is 5.75 Å². The number of carbonyl (C=O) groups is 1. The van der Waals surface area contributed by atoms with Gasteiger partial charge in [-0.25, -0.2) is 8.42 Å². The fourth-order valence-electron chi connectivity index (χ4n) is 3.61. The molecule has 0 saturated carbocycles. The number of hydrogen-bond donors (Lipinski definition) is 2. The number of nitrogens with one attached hydrogen (secondary N) is 2. The summed E-state index contributed by atoms with van der Waals surface area (Å²) in [5.74, 6) is 0.708. The molecule has 1 aliphatic heterocycles. The molecule has 0 spiro atoms. The monoisotopic (exact) mass is 417 g/mol. The highest BCUT2D eigenvalue weighted by molar-refractivity contribution is 7.92. The summed E-state index contributed by atoms with van der Waals surface area (Å²) >= 11 is 0. The molecule has 0 bridgehead atoms. The summed E-state index contributed by atoms with van der Waals surface area (Å²) in [6.45, 7) is 4.41. The molecule has 1 amide bonds. The molecular formula is C21H27N3O4S. The van der Waals surface area contributed by atoms with E-state index in [1.165, 1.54) is 11.1 Å². The van der Waals surface area contributed by atoms with E-state index in [2.05, 4.69) is 34.0 Å². The summed E-state index contributed by atoms with van der Waals surface area (Å²) in [5.41, 5.74) is 3.55. The third-order valence-electron chi connectivity index (χ3n) is 5.15. The molecule has 0 fully saturated rings. The predicted octanol–water partition coefficient (Wildman–Crippen LogP) is 2.42. The van der Waals surface area contributed by atoms with E-state index in [1.54, 1.807) is 31.4 Å². The van der Waals surface area contributed by atoms with E-state index in [0.29, 0.717) is 17.8 Å². The second-order valence-corrected chi connectivity index (χ2v) is 8.98. The Morgan fingerprint density at radius 3 is 2.59 bits per heavy atom. The number of nitrogens with zero attached hydrogens (tertiary/aromatic N) is 1. The van der Waals surface area contributed by atoms with Crippen molar-refractivity contribution in [1.82, 2.24) is 10.2 Å². The maximum Gasteiger partial charge on any atom is 0.251 e. The minimum atomic E-state index is -3.33. The van der Waals surface area contributed by atoms with Gasteiger partial charge in [0.05, 0.1) is 13.4 Å². The summed E-state index contributed by atoms with van der Waals surface area (Å²) in [6, 6.07) is 12.9. The SMILES string of the molecule is COc1ccc2c(c1)CCN(CCNC(=O)c1ccc(NS(C)(=O)=O)cc1)C2C. The zero-order chi connectivity index (χ0) is 21.0. The zero-order valence-electron chi connectivity index (χ0n) is 16.9. The van der Waals surface area contributed by atoms with Crippen LogP contribution < -0.4 is 14.8 Å². The number of ether oxygens (including phenoxy) is 1. The van der Waals surface area contributed by atoms with Crippen molar-refractivity contribution < 1.29 is 17.9 Å². The van der Waals surface area contributed by atoms with Gasteiger partial charge in [0.25, 0.3) is 5.91 Å². The predicted molar refractivity (Wildman–Crippen MR) is 114 cm³/mol. The molecule has 7 nitrogen and oxygen atoms in total. The lowest BCUT2D eigenvalue weighted by molar-refractivity contribution is 0.0943. The lowest BCUT2D eigenvalue weighted by Gasteiger charge is -2.35. The minimum Gasteiger partial charge on any atom is -0.497 e. The second-order valence-electron chi connectivity index (χ2n) is 7.23. The van der Waals surface area contributed by atoms with Crippen LogP contribution in [0.1, 0.15) is 34.5 Å². The Morgan fingerprint density at radius 2 is 1.93 bits per heavy atom. The maximum absolute atomic E-state index is 12.4. The quantitative estimate of drug-likeness (QED) is 0.722. The van der Waals surface area contributed by atoms with E-state index < -0.39 is 10.0 Å². The van der Waals surface area contributed by atoms with Crippen molar-refractivity contribution in [2.24, 2.45) is 0 Å². The largest absolute Gasteiger partial charge is 0.497 e. The molecular weight excluding hydrogens is 390 g/mol. The van der Waals surface area contributed by atoms with Gasteiger partial charge in [0.15, 0.2) is 0 Å². The molecule has 1 aliphatic rings. The molecule has 1 unspecified atom stereocenters. The molecule has 8 heteroatoms. The molecule has 29 heavy (non-hydrogen) atoms. The van der Waals surface area contributed by atoms with Gasteiger partial charge in [-0.3, -0.25) is 14.4 Å². The van der Waals surface area contributed by atoms with Crippen molar-refractivity contribution in [2.45, 2.75) is 19.4 Å². The number of hydrogen-bond acceptors (Lipinski definition) is 5. The van der Waals surface area contributed by atoms with Gasteiger partial charge in [-0.2, -0.15) is 0 Å². The first-order chi connectivity index (χ1) is 13.8. The van der Waals surface area contributed by atoms with Crippen LogP contribution in [0.25, 0.3) is 0 Å². The third-order valence-corrected chi connectivity index (χ3v) is 5.76. The van der Waals surface area contributed by atoms with Crippen LogP contribution in [-0.2, 0) is 16.4 Å². The van der Waals surface area contributed by atoms with Crippen LogP contribution in [0.2, 0.25) is 0 Å². The molecule has 1 atom stereocenters. The first kappa shape index (κ1) is 21.1. The lowest BCUT2D eigenvalue weighted by Crippen LogP contribution is -2.39. The van der Waals surface area contributed by atoms with Crippen molar-refractivity contribution in [3.8, 4) is 5.75 Å². The summed E-state index contributed by atoms with van der Waals surface area (Å²) in [5, 5.41) is 2.94. The number of sulfonamides is 1. The van der Waals surface area contributed by atoms with Crippen LogP contribution in [0.4, 0.5) is 5.69 Å². The minimum absolute atomic E-state index is 0.175. The topological polar surface area (TPSA) is 87.7 Å². The summed E-state index contributed by atoms with van der Waals surface area (Å²) < 4.78 is 30.2. The van der Waals surface area contributed by atoms with Crippen molar-refractivity contribution in [1.29, 1.82) is 0 Å². The van der Waals surface area contributed by atoms with Gasteiger partial charge in [-0.1, -0.05) is 6.07 Å². The first-order valence-corrected chi connectivity index (χ1v) is 11.4. The smallest absolute Gasteiger partial charge is 0.251 e. The standard InChI is InChI=1S/C21H27N3O4S/c1-15-20-9-8-19(28-2)14-17(20)10-12-24(15)13-11-22-21(25)16-4-6-18(7-5-16)23-29(3,26)27/h4-9,14-15,23H,10-13H2,1-3H3,(H,22,25). The molecule has 1 heterocycles. The van der Waals surface area contributed by atoms with Crippen LogP contribution in [-0.4, -0.2) is 52.2 Å². The average molecular weight is 418 g/mol. The summed E-state index contributed by atoms with van der Waals surface area (Å²) in [7, 11) is -1.65. The molecule has 156 valence electrons. The Labute approximate surface area is 172 Å². The van der Waals surface area contributed by atoms with E-state index in [4.69, 9.17) is 4.74 Å². The van der Waals surface area contributed by atoms with Gasteiger partial charge in [0, 0.05) is 36.9 Å². The molecule has 2 N–H and O–H groups in total. The van der Waals surface area contributed by atoms with E-state index in [9.17, 15) is 13.2 Å². The van der Waals surface area contributed by atoms with Crippen LogP contribution in [0.3, 0.4) is 0 Å². The molecule has 2 aromatic rings. The number of benzene rings is 2. The van der Waals surface area contributed by atoms with Gasteiger partial charge in [-0.05, 0) is 60.9 Å². The molecule has 2 aromatic carbocycles.